The quantitative estimate of drug-likeness (QED) is 0.847. The number of pyridine rings is 1. The summed E-state index contributed by atoms with van der Waals surface area (Å²) in [6, 6.07) is 3.43. The fourth-order valence-corrected chi connectivity index (χ4v) is 2.78. The molecule has 0 aromatic carbocycles. The number of nitrogens with zero attached hydrogens (tertiary/aromatic N) is 2. The molecule has 114 valence electrons. The highest BCUT2D eigenvalue weighted by atomic mass is 16.5. The number of rotatable bonds is 3. The molecule has 0 atom stereocenters. The van der Waals surface area contributed by atoms with Crippen LogP contribution in [-0.4, -0.2) is 34.6 Å². The third-order valence-electron chi connectivity index (χ3n) is 4.46. The van der Waals surface area contributed by atoms with Crippen LogP contribution in [0.25, 0.3) is 0 Å². The van der Waals surface area contributed by atoms with Gasteiger partial charge in [-0.1, -0.05) is 0 Å². The zero-order chi connectivity index (χ0) is 15.0. The Morgan fingerprint density at radius 2 is 1.86 bits per heavy atom. The second-order valence-electron chi connectivity index (χ2n) is 6.15. The van der Waals surface area contributed by atoms with Gasteiger partial charge in [-0.25, -0.2) is 0 Å². The number of aromatic nitrogens is 1. The molecule has 1 aliphatic carbocycles. The van der Waals surface area contributed by atoms with Crippen LogP contribution in [0.1, 0.15) is 31.4 Å². The second kappa shape index (κ2) is 5.54. The lowest BCUT2D eigenvalue weighted by Gasteiger charge is -2.32. The van der Waals surface area contributed by atoms with Crippen molar-refractivity contribution in [2.45, 2.75) is 38.7 Å². The molecular weight excluding hydrogens is 268 g/mol. The van der Waals surface area contributed by atoms with E-state index in [1.54, 1.807) is 11.6 Å². The van der Waals surface area contributed by atoms with Crippen molar-refractivity contribution in [1.82, 2.24) is 9.47 Å². The van der Waals surface area contributed by atoms with Gasteiger partial charge in [-0.3, -0.25) is 9.59 Å². The molecule has 1 aromatic rings. The maximum atomic E-state index is 12.0. The van der Waals surface area contributed by atoms with Gasteiger partial charge in [0.1, 0.15) is 11.9 Å². The minimum atomic E-state index is -0.0497. The SMILES string of the molecule is Cc1cc(OC2CCN(C(=O)C3CC3)CC2)cc(=O)n1C. The van der Waals surface area contributed by atoms with Crippen molar-refractivity contribution < 1.29 is 9.53 Å². The Balaban J connectivity index is 1.58. The van der Waals surface area contributed by atoms with E-state index in [2.05, 4.69) is 0 Å². The highest BCUT2D eigenvalue weighted by Gasteiger charge is 2.35. The molecule has 2 fully saturated rings. The molecule has 3 rings (SSSR count). The Bertz CT molecular complexity index is 596. The molecule has 0 spiro atoms. The molecule has 5 nitrogen and oxygen atoms in total. The van der Waals surface area contributed by atoms with Gasteiger partial charge >= 0.3 is 0 Å². The fourth-order valence-electron chi connectivity index (χ4n) is 2.78. The number of ether oxygens (including phenoxy) is 1. The first kappa shape index (κ1) is 14.2. The molecule has 0 bridgehead atoms. The largest absolute Gasteiger partial charge is 0.490 e. The molecule has 0 N–H and O–H groups in total. The van der Waals surface area contributed by atoms with Crippen molar-refractivity contribution in [2.75, 3.05) is 13.1 Å². The third-order valence-corrected chi connectivity index (χ3v) is 4.46. The van der Waals surface area contributed by atoms with Gasteiger partial charge in [-0.05, 0) is 25.8 Å². The summed E-state index contributed by atoms with van der Waals surface area (Å²) in [5.74, 6) is 1.25. The van der Waals surface area contributed by atoms with Crippen molar-refractivity contribution >= 4 is 5.91 Å². The lowest BCUT2D eigenvalue weighted by Crippen LogP contribution is -2.42. The number of aryl methyl sites for hydroxylation is 1. The summed E-state index contributed by atoms with van der Waals surface area (Å²) >= 11 is 0. The average molecular weight is 290 g/mol. The van der Waals surface area contributed by atoms with Gasteiger partial charge in [0.15, 0.2) is 0 Å². The Morgan fingerprint density at radius 1 is 1.19 bits per heavy atom. The molecular formula is C16H22N2O3. The summed E-state index contributed by atoms with van der Waals surface area (Å²) in [7, 11) is 1.75. The normalized spacial score (nSPS) is 19.6. The lowest BCUT2D eigenvalue weighted by molar-refractivity contribution is -0.134. The molecule has 0 radical (unpaired) electrons. The minimum absolute atomic E-state index is 0.0497. The Labute approximate surface area is 124 Å². The molecule has 2 aliphatic rings. The van der Waals surface area contributed by atoms with E-state index in [1.807, 2.05) is 17.9 Å². The molecule has 1 aliphatic heterocycles. The molecule has 1 amide bonds. The van der Waals surface area contributed by atoms with Crippen LogP contribution in [0, 0.1) is 12.8 Å². The van der Waals surface area contributed by atoms with Gasteiger partial charge < -0.3 is 14.2 Å². The first-order chi connectivity index (χ1) is 10.0. The zero-order valence-electron chi connectivity index (χ0n) is 12.7. The van der Waals surface area contributed by atoms with E-state index < -0.39 is 0 Å². The van der Waals surface area contributed by atoms with Crippen LogP contribution in [0.15, 0.2) is 16.9 Å². The minimum Gasteiger partial charge on any atom is -0.490 e. The smallest absolute Gasteiger partial charge is 0.254 e. The number of piperidine rings is 1. The van der Waals surface area contributed by atoms with Crippen LogP contribution in [0.4, 0.5) is 0 Å². The van der Waals surface area contributed by atoms with Gasteiger partial charge in [0.25, 0.3) is 5.56 Å². The van der Waals surface area contributed by atoms with E-state index in [1.165, 1.54) is 6.07 Å². The Hall–Kier alpha value is -1.78. The molecule has 5 heteroatoms. The van der Waals surface area contributed by atoms with Crippen LogP contribution < -0.4 is 10.3 Å². The van der Waals surface area contributed by atoms with E-state index in [4.69, 9.17) is 4.74 Å². The van der Waals surface area contributed by atoms with Crippen molar-refractivity contribution in [1.29, 1.82) is 0 Å². The molecule has 1 saturated heterocycles. The van der Waals surface area contributed by atoms with Crippen molar-refractivity contribution in [3.63, 3.8) is 0 Å². The lowest BCUT2D eigenvalue weighted by atomic mass is 10.1. The first-order valence-electron chi connectivity index (χ1n) is 7.67. The van der Waals surface area contributed by atoms with Crippen LogP contribution >= 0.6 is 0 Å². The van der Waals surface area contributed by atoms with Crippen LogP contribution in [-0.2, 0) is 11.8 Å². The predicted octanol–water partition coefficient (Wildman–Crippen LogP) is 1.47. The van der Waals surface area contributed by atoms with Crippen molar-refractivity contribution in [3.05, 3.63) is 28.2 Å². The number of amides is 1. The molecule has 21 heavy (non-hydrogen) atoms. The Kier molecular flexibility index (Phi) is 3.74. The van der Waals surface area contributed by atoms with Crippen molar-refractivity contribution in [2.24, 2.45) is 13.0 Å². The van der Waals surface area contributed by atoms with Crippen LogP contribution in [0.3, 0.4) is 0 Å². The van der Waals surface area contributed by atoms with E-state index in [0.717, 1.165) is 44.5 Å². The summed E-state index contributed by atoms with van der Waals surface area (Å²) in [4.78, 5) is 25.7. The second-order valence-corrected chi connectivity index (χ2v) is 6.15. The standard InChI is InChI=1S/C16H22N2O3/c1-11-9-14(10-15(19)17(11)2)21-13-5-7-18(8-6-13)16(20)12-3-4-12/h9-10,12-13H,3-8H2,1-2H3. The summed E-state index contributed by atoms with van der Waals surface area (Å²) in [5, 5.41) is 0. The third kappa shape index (κ3) is 3.12. The number of hydrogen-bond acceptors (Lipinski definition) is 3. The highest BCUT2D eigenvalue weighted by Crippen LogP contribution is 2.32. The Morgan fingerprint density at radius 3 is 2.43 bits per heavy atom. The number of hydrogen-bond donors (Lipinski definition) is 0. The first-order valence-corrected chi connectivity index (χ1v) is 7.67. The number of likely N-dealkylation sites (tertiary alicyclic amines) is 1. The fraction of sp³-hybridized carbons (Fsp3) is 0.625. The number of carbonyl (C=O) groups excluding carboxylic acids is 1. The van der Waals surface area contributed by atoms with E-state index >= 15 is 0 Å². The highest BCUT2D eigenvalue weighted by molar-refractivity contribution is 5.81. The van der Waals surface area contributed by atoms with E-state index in [-0.39, 0.29) is 11.7 Å². The van der Waals surface area contributed by atoms with Gasteiger partial charge in [-0.15, -0.1) is 0 Å². The molecule has 2 heterocycles. The van der Waals surface area contributed by atoms with Gasteiger partial charge in [0.2, 0.25) is 5.91 Å². The monoisotopic (exact) mass is 290 g/mol. The average Bonchev–Trinajstić information content (AvgIpc) is 3.29. The van der Waals surface area contributed by atoms with Crippen LogP contribution in [0.2, 0.25) is 0 Å². The van der Waals surface area contributed by atoms with Crippen LogP contribution in [0.5, 0.6) is 5.75 Å². The summed E-state index contributed by atoms with van der Waals surface area (Å²) in [5.41, 5.74) is 0.838. The maximum absolute atomic E-state index is 12.0. The van der Waals surface area contributed by atoms with Gasteiger partial charge in [-0.2, -0.15) is 0 Å². The summed E-state index contributed by atoms with van der Waals surface area (Å²) in [6.45, 7) is 3.43. The van der Waals surface area contributed by atoms with E-state index in [0.29, 0.717) is 17.6 Å². The zero-order valence-corrected chi connectivity index (χ0v) is 12.7. The van der Waals surface area contributed by atoms with Crippen molar-refractivity contribution in [3.8, 4) is 5.75 Å². The molecule has 1 saturated carbocycles. The van der Waals surface area contributed by atoms with E-state index in [9.17, 15) is 9.59 Å². The topological polar surface area (TPSA) is 51.5 Å². The predicted molar refractivity (Wildman–Crippen MR) is 79.4 cm³/mol. The molecule has 1 aromatic heterocycles. The molecule has 0 unspecified atom stereocenters. The maximum Gasteiger partial charge on any atom is 0.254 e. The summed E-state index contributed by atoms with van der Waals surface area (Å²) in [6.07, 6.45) is 3.89. The number of carbonyl (C=O) groups is 1. The van der Waals surface area contributed by atoms with Gasteiger partial charge in [0, 0.05) is 50.7 Å². The summed E-state index contributed by atoms with van der Waals surface area (Å²) < 4.78 is 7.53. The van der Waals surface area contributed by atoms with Gasteiger partial charge in [0.05, 0.1) is 0 Å².